The van der Waals surface area contributed by atoms with E-state index < -0.39 is 30.0 Å². The standard InChI is InChI=1S/C15H20F3N3O4/c1-5-24-12(22)14(15(16,17)18,21-13(23)25-9(2)3)20-11-8-6-7-10(4)19-11/h6-9H,5H2,1-4H3,(H,19,20)(H,21,23)/p+1/t14-/m0/s1. The molecule has 0 aliphatic rings. The largest absolute Gasteiger partial charge is 0.464 e. The minimum atomic E-state index is -5.22. The number of carbonyl (C=O) groups is 2. The fourth-order valence-electron chi connectivity index (χ4n) is 1.89. The highest BCUT2D eigenvalue weighted by Crippen LogP contribution is 2.32. The minimum absolute atomic E-state index is 0.143. The van der Waals surface area contributed by atoms with Crippen LogP contribution in [-0.2, 0) is 14.3 Å². The average Bonchev–Trinajstić information content (AvgIpc) is 2.44. The topological polar surface area (TPSA) is 90.8 Å². The molecule has 1 atom stereocenters. The molecule has 0 bridgehead atoms. The Morgan fingerprint density at radius 1 is 1.28 bits per heavy atom. The summed E-state index contributed by atoms with van der Waals surface area (Å²) in [6.07, 6.45) is -7.31. The predicted molar refractivity (Wildman–Crippen MR) is 81.5 cm³/mol. The summed E-state index contributed by atoms with van der Waals surface area (Å²) in [6.45, 7) is 5.58. The predicted octanol–water partition coefficient (Wildman–Crippen LogP) is 2.18. The number of halogens is 3. The summed E-state index contributed by atoms with van der Waals surface area (Å²) >= 11 is 0. The highest BCUT2D eigenvalue weighted by atomic mass is 19.4. The molecule has 140 valence electrons. The third-order valence-electron chi connectivity index (χ3n) is 2.90. The van der Waals surface area contributed by atoms with Crippen molar-refractivity contribution in [2.75, 3.05) is 11.9 Å². The van der Waals surface area contributed by atoms with Crippen LogP contribution in [0.5, 0.6) is 0 Å². The van der Waals surface area contributed by atoms with Gasteiger partial charge in [-0.25, -0.2) is 19.9 Å². The summed E-state index contributed by atoms with van der Waals surface area (Å²) in [7, 11) is 0. The monoisotopic (exact) mass is 364 g/mol. The van der Waals surface area contributed by atoms with E-state index in [0.717, 1.165) is 0 Å². The highest BCUT2D eigenvalue weighted by molar-refractivity contribution is 5.89. The van der Waals surface area contributed by atoms with Gasteiger partial charge < -0.3 is 9.47 Å². The zero-order valence-electron chi connectivity index (χ0n) is 14.3. The summed E-state index contributed by atoms with van der Waals surface area (Å²) in [5, 5.41) is 3.56. The molecule has 1 aromatic heterocycles. The van der Waals surface area contributed by atoms with E-state index in [4.69, 9.17) is 0 Å². The van der Waals surface area contributed by atoms with Gasteiger partial charge in [-0.15, -0.1) is 0 Å². The van der Waals surface area contributed by atoms with Crippen molar-refractivity contribution < 1.29 is 37.2 Å². The minimum Gasteiger partial charge on any atom is -0.461 e. The molecule has 7 nitrogen and oxygen atoms in total. The van der Waals surface area contributed by atoms with E-state index in [2.05, 4.69) is 14.5 Å². The first-order chi connectivity index (χ1) is 11.5. The number of aryl methyl sites for hydroxylation is 1. The number of hydrogen-bond acceptors (Lipinski definition) is 5. The molecular weight excluding hydrogens is 343 g/mol. The maximum atomic E-state index is 13.8. The number of carbonyl (C=O) groups excluding carboxylic acids is 2. The van der Waals surface area contributed by atoms with Gasteiger partial charge >= 0.3 is 23.9 Å². The number of pyridine rings is 1. The van der Waals surface area contributed by atoms with Gasteiger partial charge in [-0.05, 0) is 33.8 Å². The van der Waals surface area contributed by atoms with E-state index in [1.807, 2.05) is 5.32 Å². The molecule has 1 rings (SSSR count). The second kappa shape index (κ2) is 8.04. The molecule has 0 saturated heterocycles. The fraction of sp³-hybridized carbons (Fsp3) is 0.533. The lowest BCUT2D eigenvalue weighted by Gasteiger charge is -2.30. The second-order valence-electron chi connectivity index (χ2n) is 5.42. The van der Waals surface area contributed by atoms with Gasteiger partial charge in [-0.3, -0.25) is 5.32 Å². The van der Waals surface area contributed by atoms with Gasteiger partial charge in [0.1, 0.15) is 0 Å². The second-order valence-corrected chi connectivity index (χ2v) is 5.42. The van der Waals surface area contributed by atoms with Gasteiger partial charge in [-0.1, -0.05) is 6.07 Å². The molecule has 0 aliphatic heterocycles. The van der Waals surface area contributed by atoms with Crippen molar-refractivity contribution in [2.24, 2.45) is 0 Å². The number of ether oxygens (including phenoxy) is 2. The van der Waals surface area contributed by atoms with Crippen LogP contribution < -0.4 is 15.6 Å². The Labute approximate surface area is 142 Å². The first-order valence-corrected chi connectivity index (χ1v) is 7.51. The Kier molecular flexibility index (Phi) is 6.60. The van der Waals surface area contributed by atoms with E-state index in [1.54, 1.807) is 18.3 Å². The van der Waals surface area contributed by atoms with Crippen LogP contribution in [0.1, 0.15) is 26.5 Å². The van der Waals surface area contributed by atoms with Crippen molar-refractivity contribution in [3.63, 3.8) is 0 Å². The van der Waals surface area contributed by atoms with Gasteiger partial charge in [0.2, 0.25) is 0 Å². The number of anilines is 1. The average molecular weight is 364 g/mol. The molecule has 1 amide bonds. The summed E-state index contributed by atoms with van der Waals surface area (Å²) < 4.78 is 50.6. The number of aromatic nitrogens is 1. The number of amides is 1. The number of H-pyrrole nitrogens is 1. The van der Waals surface area contributed by atoms with Gasteiger partial charge in [0.05, 0.1) is 18.4 Å². The summed E-state index contributed by atoms with van der Waals surface area (Å²) in [5.74, 6) is -1.85. The number of nitrogens with one attached hydrogen (secondary N) is 3. The molecule has 0 aromatic carbocycles. The normalized spacial score (nSPS) is 13.8. The Morgan fingerprint density at radius 2 is 1.92 bits per heavy atom. The number of rotatable bonds is 6. The van der Waals surface area contributed by atoms with E-state index in [1.165, 1.54) is 32.9 Å². The smallest absolute Gasteiger partial charge is 0.461 e. The molecule has 10 heteroatoms. The molecule has 3 N–H and O–H groups in total. The van der Waals surface area contributed by atoms with Crippen LogP contribution >= 0.6 is 0 Å². The van der Waals surface area contributed by atoms with E-state index >= 15 is 0 Å². The van der Waals surface area contributed by atoms with Crippen molar-refractivity contribution in [3.05, 3.63) is 23.9 Å². The Balaban J connectivity index is 3.33. The van der Waals surface area contributed by atoms with Gasteiger partial charge in [0, 0.05) is 6.07 Å². The number of esters is 1. The third-order valence-corrected chi connectivity index (χ3v) is 2.90. The van der Waals surface area contributed by atoms with E-state index in [9.17, 15) is 22.8 Å². The van der Waals surface area contributed by atoms with Crippen LogP contribution in [0.25, 0.3) is 0 Å². The first-order valence-electron chi connectivity index (χ1n) is 7.51. The van der Waals surface area contributed by atoms with Crippen molar-refractivity contribution in [2.45, 2.75) is 45.6 Å². The molecular formula is C15H21F3N3O4+. The van der Waals surface area contributed by atoms with Gasteiger partial charge in [0.25, 0.3) is 5.82 Å². The summed E-state index contributed by atoms with van der Waals surface area (Å²) in [5.41, 5.74) is -2.98. The summed E-state index contributed by atoms with van der Waals surface area (Å²) in [4.78, 5) is 26.6. The molecule has 0 radical (unpaired) electrons. The molecule has 0 saturated carbocycles. The number of hydrogen-bond donors (Lipinski definition) is 2. The van der Waals surface area contributed by atoms with E-state index in [0.29, 0.717) is 5.69 Å². The lowest BCUT2D eigenvalue weighted by Crippen LogP contribution is -2.70. The van der Waals surface area contributed by atoms with Crippen molar-refractivity contribution in [3.8, 4) is 0 Å². The molecule has 1 heterocycles. The van der Waals surface area contributed by atoms with Crippen LogP contribution in [-0.4, -0.2) is 36.6 Å². The highest BCUT2D eigenvalue weighted by Gasteiger charge is 2.68. The molecule has 1 aromatic rings. The number of aromatic amines is 1. The van der Waals surface area contributed by atoms with E-state index in [-0.39, 0.29) is 12.4 Å². The maximum Gasteiger partial charge on any atom is 0.464 e. The lowest BCUT2D eigenvalue weighted by molar-refractivity contribution is -0.372. The maximum absolute atomic E-state index is 13.8. The third kappa shape index (κ3) is 5.23. The Hall–Kier alpha value is -2.52. The van der Waals surface area contributed by atoms with Crippen molar-refractivity contribution >= 4 is 17.9 Å². The van der Waals surface area contributed by atoms with Crippen LogP contribution in [0.2, 0.25) is 0 Å². The molecule has 25 heavy (non-hydrogen) atoms. The number of alkyl carbamates (subject to hydrolysis) is 1. The number of alkyl halides is 3. The van der Waals surface area contributed by atoms with Gasteiger partial charge in [-0.2, -0.15) is 13.2 Å². The fourth-order valence-corrected chi connectivity index (χ4v) is 1.89. The molecule has 0 aliphatic carbocycles. The van der Waals surface area contributed by atoms with Crippen LogP contribution in [0.15, 0.2) is 18.2 Å². The van der Waals surface area contributed by atoms with Crippen LogP contribution in [0.3, 0.4) is 0 Å². The van der Waals surface area contributed by atoms with Gasteiger partial charge in [0.15, 0.2) is 0 Å². The summed E-state index contributed by atoms with van der Waals surface area (Å²) in [6, 6.07) is 4.38. The zero-order valence-corrected chi connectivity index (χ0v) is 14.3. The molecule has 0 fully saturated rings. The van der Waals surface area contributed by atoms with Crippen LogP contribution in [0, 0.1) is 6.92 Å². The SMILES string of the molecule is CCOC(=O)[C@@](NC(=O)OC(C)C)(Nc1cccc(C)[nH+]1)C(F)(F)F. The Morgan fingerprint density at radius 3 is 2.40 bits per heavy atom. The Bertz CT molecular complexity index is 622. The quantitative estimate of drug-likeness (QED) is 0.596. The first kappa shape index (κ1) is 20.5. The van der Waals surface area contributed by atoms with Crippen molar-refractivity contribution in [1.82, 2.24) is 5.32 Å². The van der Waals surface area contributed by atoms with Crippen LogP contribution in [0.4, 0.5) is 23.8 Å². The van der Waals surface area contributed by atoms with Crippen molar-refractivity contribution in [1.29, 1.82) is 0 Å². The zero-order chi connectivity index (χ0) is 19.3. The molecule has 0 spiro atoms. The molecule has 0 unspecified atom stereocenters. The lowest BCUT2D eigenvalue weighted by atomic mass is 10.1.